The van der Waals surface area contributed by atoms with Crippen molar-refractivity contribution in [3.63, 3.8) is 0 Å². The van der Waals surface area contributed by atoms with Crippen molar-refractivity contribution in [2.24, 2.45) is 5.84 Å². The Morgan fingerprint density at radius 2 is 2.10 bits per heavy atom. The molecule has 0 amide bonds. The van der Waals surface area contributed by atoms with E-state index >= 15 is 0 Å². The molecule has 1 aromatic carbocycles. The Morgan fingerprint density at radius 3 is 2.76 bits per heavy atom. The molecular formula is C16H17N3OS. The highest BCUT2D eigenvalue weighted by Crippen LogP contribution is 2.33. The van der Waals surface area contributed by atoms with Gasteiger partial charge < -0.3 is 10.2 Å². The number of hydrazine groups is 1. The summed E-state index contributed by atoms with van der Waals surface area (Å²) in [4.78, 5) is 5.72. The number of hydrogen-bond acceptors (Lipinski definition) is 5. The molecule has 0 saturated carbocycles. The Kier molecular flexibility index (Phi) is 3.77. The van der Waals surface area contributed by atoms with E-state index in [0.717, 1.165) is 27.1 Å². The Balaban J connectivity index is 2.14. The average molecular weight is 299 g/mol. The van der Waals surface area contributed by atoms with Crippen LogP contribution in [0.5, 0.6) is 5.75 Å². The number of nitrogen functional groups attached to an aromatic ring is 1. The van der Waals surface area contributed by atoms with Crippen molar-refractivity contribution in [3.05, 3.63) is 41.8 Å². The Hall–Kier alpha value is -2.11. The molecule has 2 aromatic heterocycles. The molecule has 3 N–H and O–H groups in total. The van der Waals surface area contributed by atoms with Gasteiger partial charge in [0.1, 0.15) is 11.6 Å². The van der Waals surface area contributed by atoms with E-state index in [1.807, 2.05) is 43.5 Å². The van der Waals surface area contributed by atoms with E-state index in [9.17, 15) is 0 Å². The molecule has 3 rings (SSSR count). The second kappa shape index (κ2) is 5.71. The van der Waals surface area contributed by atoms with Gasteiger partial charge in [-0.3, -0.25) is 0 Å². The molecule has 5 heteroatoms. The van der Waals surface area contributed by atoms with Crippen molar-refractivity contribution in [2.45, 2.75) is 20.0 Å². The van der Waals surface area contributed by atoms with E-state index in [1.54, 1.807) is 11.3 Å². The SMILES string of the molecule is CC(C)Oc1ccc2nc(NN)c(-c3cccs3)cc2c1. The molecule has 2 heterocycles. The molecule has 0 atom stereocenters. The fourth-order valence-electron chi connectivity index (χ4n) is 2.23. The minimum Gasteiger partial charge on any atom is -0.491 e. The lowest BCUT2D eigenvalue weighted by molar-refractivity contribution is 0.243. The normalized spacial score (nSPS) is 11.0. The minimum atomic E-state index is 0.150. The van der Waals surface area contributed by atoms with Crippen LogP contribution in [0.1, 0.15) is 13.8 Å². The number of benzene rings is 1. The molecule has 3 aromatic rings. The standard InChI is InChI=1S/C16H17N3OS/c1-10(2)20-12-5-6-14-11(8-12)9-13(16(18-14)19-17)15-4-3-7-21-15/h3-10H,17H2,1-2H3,(H,18,19). The maximum Gasteiger partial charge on any atom is 0.149 e. The van der Waals surface area contributed by atoms with Gasteiger partial charge in [-0.15, -0.1) is 11.3 Å². The highest BCUT2D eigenvalue weighted by Gasteiger charge is 2.10. The van der Waals surface area contributed by atoms with Crippen molar-refractivity contribution >= 4 is 28.1 Å². The number of nitrogens with one attached hydrogen (secondary N) is 1. The van der Waals surface area contributed by atoms with Gasteiger partial charge in [0.2, 0.25) is 0 Å². The first-order valence-corrected chi connectivity index (χ1v) is 7.67. The number of ether oxygens (including phenoxy) is 1. The molecule has 0 radical (unpaired) electrons. The van der Waals surface area contributed by atoms with E-state index < -0.39 is 0 Å². The summed E-state index contributed by atoms with van der Waals surface area (Å²) in [5.41, 5.74) is 4.58. The number of aromatic nitrogens is 1. The molecule has 0 unspecified atom stereocenters. The molecule has 0 aliphatic carbocycles. The average Bonchev–Trinajstić information content (AvgIpc) is 2.99. The summed E-state index contributed by atoms with van der Waals surface area (Å²) in [6, 6.07) is 12.1. The summed E-state index contributed by atoms with van der Waals surface area (Å²) in [7, 11) is 0. The maximum atomic E-state index is 5.74. The first kappa shape index (κ1) is 13.9. The highest BCUT2D eigenvalue weighted by molar-refractivity contribution is 7.13. The van der Waals surface area contributed by atoms with Gasteiger partial charge in [0, 0.05) is 15.8 Å². The number of pyridine rings is 1. The van der Waals surface area contributed by atoms with Gasteiger partial charge in [-0.05, 0) is 49.6 Å². The zero-order valence-electron chi connectivity index (χ0n) is 12.0. The number of thiophene rings is 1. The lowest BCUT2D eigenvalue weighted by Crippen LogP contribution is -2.10. The molecule has 4 nitrogen and oxygen atoms in total. The van der Waals surface area contributed by atoms with Crippen molar-refractivity contribution in [1.82, 2.24) is 4.98 Å². The molecule has 0 aliphatic rings. The summed E-state index contributed by atoms with van der Waals surface area (Å²) in [6.45, 7) is 4.03. The van der Waals surface area contributed by atoms with Crippen LogP contribution < -0.4 is 16.0 Å². The summed E-state index contributed by atoms with van der Waals surface area (Å²) >= 11 is 1.66. The molecular weight excluding hydrogens is 282 g/mol. The lowest BCUT2D eigenvalue weighted by Gasteiger charge is -2.12. The quantitative estimate of drug-likeness (QED) is 0.564. The first-order chi connectivity index (χ1) is 10.2. The second-order valence-electron chi connectivity index (χ2n) is 5.03. The zero-order valence-corrected chi connectivity index (χ0v) is 12.8. The summed E-state index contributed by atoms with van der Waals surface area (Å²) in [5.74, 6) is 7.15. The van der Waals surface area contributed by atoms with Crippen LogP contribution in [0, 0.1) is 0 Å². The van der Waals surface area contributed by atoms with Crippen LogP contribution in [-0.2, 0) is 0 Å². The van der Waals surface area contributed by atoms with Crippen LogP contribution in [0.25, 0.3) is 21.3 Å². The number of nitrogens with zero attached hydrogens (tertiary/aromatic N) is 1. The third-order valence-electron chi connectivity index (χ3n) is 3.08. The fourth-order valence-corrected chi connectivity index (χ4v) is 2.97. The van der Waals surface area contributed by atoms with Crippen LogP contribution in [0.3, 0.4) is 0 Å². The topological polar surface area (TPSA) is 60.2 Å². The fraction of sp³-hybridized carbons (Fsp3) is 0.188. The second-order valence-corrected chi connectivity index (χ2v) is 5.97. The molecule has 21 heavy (non-hydrogen) atoms. The van der Waals surface area contributed by atoms with Crippen molar-refractivity contribution in [3.8, 4) is 16.2 Å². The molecule has 0 saturated heterocycles. The van der Waals surface area contributed by atoms with Gasteiger partial charge in [-0.25, -0.2) is 10.8 Å². The van der Waals surface area contributed by atoms with Crippen LogP contribution >= 0.6 is 11.3 Å². The Morgan fingerprint density at radius 1 is 1.24 bits per heavy atom. The number of rotatable bonds is 4. The van der Waals surface area contributed by atoms with E-state index in [4.69, 9.17) is 10.6 Å². The van der Waals surface area contributed by atoms with E-state index in [2.05, 4.69) is 22.5 Å². The summed E-state index contributed by atoms with van der Waals surface area (Å²) in [5, 5.41) is 3.08. The number of nitrogens with two attached hydrogens (primary N) is 1. The minimum absolute atomic E-state index is 0.150. The van der Waals surface area contributed by atoms with Crippen molar-refractivity contribution in [1.29, 1.82) is 0 Å². The van der Waals surface area contributed by atoms with E-state index in [1.165, 1.54) is 0 Å². The van der Waals surface area contributed by atoms with E-state index in [0.29, 0.717) is 5.82 Å². The maximum absolute atomic E-state index is 5.74. The lowest BCUT2D eigenvalue weighted by atomic mass is 10.1. The van der Waals surface area contributed by atoms with Gasteiger partial charge in [0.05, 0.1) is 11.6 Å². The molecule has 0 spiro atoms. The molecule has 0 fully saturated rings. The van der Waals surface area contributed by atoms with Gasteiger partial charge in [0.25, 0.3) is 0 Å². The third kappa shape index (κ3) is 2.84. The predicted molar refractivity (Wildman–Crippen MR) is 88.6 cm³/mol. The Bertz CT molecular complexity index is 754. The highest BCUT2D eigenvalue weighted by atomic mass is 32.1. The Labute approximate surface area is 127 Å². The molecule has 0 aliphatic heterocycles. The van der Waals surface area contributed by atoms with Crippen LogP contribution in [0.4, 0.5) is 5.82 Å². The van der Waals surface area contributed by atoms with Crippen molar-refractivity contribution in [2.75, 3.05) is 5.43 Å². The van der Waals surface area contributed by atoms with Gasteiger partial charge in [-0.2, -0.15) is 0 Å². The van der Waals surface area contributed by atoms with Gasteiger partial charge in [0.15, 0.2) is 0 Å². The van der Waals surface area contributed by atoms with Crippen molar-refractivity contribution < 1.29 is 4.74 Å². The monoisotopic (exact) mass is 299 g/mol. The number of anilines is 1. The molecule has 0 bridgehead atoms. The largest absolute Gasteiger partial charge is 0.491 e. The van der Waals surface area contributed by atoms with Gasteiger partial charge in [-0.1, -0.05) is 6.07 Å². The van der Waals surface area contributed by atoms with Crippen LogP contribution in [0.2, 0.25) is 0 Å². The first-order valence-electron chi connectivity index (χ1n) is 6.79. The number of hydrogen-bond donors (Lipinski definition) is 2. The smallest absolute Gasteiger partial charge is 0.149 e. The summed E-state index contributed by atoms with van der Waals surface area (Å²) in [6.07, 6.45) is 0.150. The zero-order chi connectivity index (χ0) is 14.8. The number of fused-ring (bicyclic) bond motifs is 1. The van der Waals surface area contributed by atoms with Crippen LogP contribution in [-0.4, -0.2) is 11.1 Å². The summed E-state index contributed by atoms with van der Waals surface area (Å²) < 4.78 is 5.74. The predicted octanol–water partition coefficient (Wildman–Crippen LogP) is 4.04. The van der Waals surface area contributed by atoms with E-state index in [-0.39, 0.29) is 6.10 Å². The molecule has 108 valence electrons. The third-order valence-corrected chi connectivity index (χ3v) is 3.98. The van der Waals surface area contributed by atoms with Crippen LogP contribution in [0.15, 0.2) is 41.8 Å². The van der Waals surface area contributed by atoms with Gasteiger partial charge >= 0.3 is 0 Å².